The molecule has 1 fully saturated rings. The molecule has 1 amide bonds. The predicted octanol–water partition coefficient (Wildman–Crippen LogP) is 4.03. The summed E-state index contributed by atoms with van der Waals surface area (Å²) in [5, 5.41) is 2.89. The normalized spacial score (nSPS) is 16.4. The van der Waals surface area contributed by atoms with Crippen LogP contribution in [0.5, 0.6) is 0 Å². The monoisotopic (exact) mass is 481 g/mol. The summed E-state index contributed by atoms with van der Waals surface area (Å²) in [6, 6.07) is 20.0. The van der Waals surface area contributed by atoms with Crippen LogP contribution in [0.3, 0.4) is 0 Å². The first kappa shape index (κ1) is 23.9. The minimum Gasteiger partial charge on any atom is -0.378 e. The number of amides is 1. The van der Waals surface area contributed by atoms with E-state index >= 15 is 0 Å². The maximum absolute atomic E-state index is 13.2. The number of sulfonamides is 1. The Morgan fingerprint density at radius 2 is 1.74 bits per heavy atom. The van der Waals surface area contributed by atoms with Crippen LogP contribution >= 0.6 is 0 Å². The number of benzene rings is 3. The molecule has 1 atom stereocenters. The summed E-state index contributed by atoms with van der Waals surface area (Å²) in [6.07, 6.45) is 1.04. The lowest BCUT2D eigenvalue weighted by molar-refractivity contribution is -0.124. The summed E-state index contributed by atoms with van der Waals surface area (Å²) >= 11 is 0. The van der Waals surface area contributed by atoms with Crippen LogP contribution in [0.2, 0.25) is 0 Å². The lowest BCUT2D eigenvalue weighted by Crippen LogP contribution is -2.45. The molecule has 3 aromatic rings. The fourth-order valence-electron chi connectivity index (χ4n) is 4.15. The average molecular weight is 482 g/mol. The first-order valence-corrected chi connectivity index (χ1v) is 12.6. The molecule has 0 saturated carbocycles. The molecule has 1 N–H and O–H groups in total. The number of nitrogens with zero attached hydrogens (tertiary/aromatic N) is 2. The molecule has 4 rings (SSSR count). The van der Waals surface area contributed by atoms with Gasteiger partial charge in [-0.15, -0.1) is 0 Å². The van der Waals surface area contributed by atoms with Gasteiger partial charge in [0.05, 0.1) is 4.90 Å². The Kier molecular flexibility index (Phi) is 7.00. The van der Waals surface area contributed by atoms with Crippen LogP contribution < -0.4 is 10.2 Å². The largest absolute Gasteiger partial charge is 0.378 e. The first-order valence-electron chi connectivity index (χ1n) is 11.2. The molecule has 178 valence electrons. The Morgan fingerprint density at radius 3 is 2.41 bits per heavy atom. The number of rotatable bonds is 7. The second-order valence-corrected chi connectivity index (χ2v) is 10.5. The van der Waals surface area contributed by atoms with E-state index < -0.39 is 21.9 Å². The molecule has 0 aromatic heterocycles. The van der Waals surface area contributed by atoms with Gasteiger partial charge in [0.2, 0.25) is 15.9 Å². The molecule has 0 radical (unpaired) electrons. The van der Waals surface area contributed by atoms with Gasteiger partial charge in [-0.25, -0.2) is 12.8 Å². The summed E-state index contributed by atoms with van der Waals surface area (Å²) in [6.45, 7) is 0.555. The maximum Gasteiger partial charge on any atom is 0.243 e. The summed E-state index contributed by atoms with van der Waals surface area (Å²) in [7, 11) is 0.107. The third-order valence-electron chi connectivity index (χ3n) is 6.04. The molecule has 1 aliphatic heterocycles. The first-order chi connectivity index (χ1) is 16.3. The fraction of sp³-hybridized carbons (Fsp3) is 0.269. The highest BCUT2D eigenvalue weighted by Crippen LogP contribution is 2.27. The van der Waals surface area contributed by atoms with Crippen molar-refractivity contribution in [2.24, 2.45) is 0 Å². The van der Waals surface area contributed by atoms with Crippen molar-refractivity contribution < 1.29 is 17.6 Å². The zero-order valence-electron chi connectivity index (χ0n) is 19.2. The van der Waals surface area contributed by atoms with Crippen LogP contribution in [0, 0.1) is 5.82 Å². The van der Waals surface area contributed by atoms with Crippen molar-refractivity contribution >= 4 is 21.6 Å². The second-order valence-electron chi connectivity index (χ2n) is 8.59. The Balaban J connectivity index is 1.44. The second kappa shape index (κ2) is 9.95. The van der Waals surface area contributed by atoms with Crippen molar-refractivity contribution in [3.05, 3.63) is 84.2 Å². The van der Waals surface area contributed by atoms with E-state index in [1.807, 2.05) is 43.3 Å². The van der Waals surface area contributed by atoms with Crippen molar-refractivity contribution in [2.45, 2.75) is 30.3 Å². The van der Waals surface area contributed by atoms with E-state index in [9.17, 15) is 17.6 Å². The number of anilines is 1. The highest BCUT2D eigenvalue weighted by molar-refractivity contribution is 7.89. The molecule has 1 aliphatic rings. The highest BCUT2D eigenvalue weighted by Gasteiger charge is 2.39. The number of hydrogen-bond donors (Lipinski definition) is 1. The number of hydrogen-bond acceptors (Lipinski definition) is 4. The summed E-state index contributed by atoms with van der Waals surface area (Å²) < 4.78 is 40.5. The van der Waals surface area contributed by atoms with Crippen molar-refractivity contribution in [3.63, 3.8) is 0 Å². The topological polar surface area (TPSA) is 69.7 Å². The summed E-state index contributed by atoms with van der Waals surface area (Å²) in [4.78, 5) is 15.0. The molecule has 1 saturated heterocycles. The number of nitrogens with one attached hydrogen (secondary N) is 1. The van der Waals surface area contributed by atoms with Crippen LogP contribution in [0.25, 0.3) is 11.1 Å². The average Bonchev–Trinajstić information content (AvgIpc) is 3.34. The third-order valence-corrected chi connectivity index (χ3v) is 7.96. The van der Waals surface area contributed by atoms with E-state index in [1.54, 1.807) is 0 Å². The SMILES string of the molecule is CN(C)c1ccc(-c2cccc(CNC(=O)[C@@H]3CCCN3S(=O)(=O)c3ccc(F)cc3)c2)cc1. The van der Waals surface area contributed by atoms with E-state index in [0.29, 0.717) is 19.4 Å². The van der Waals surface area contributed by atoms with Crippen molar-refractivity contribution in [2.75, 3.05) is 25.5 Å². The Labute approximate surface area is 200 Å². The van der Waals surface area contributed by atoms with E-state index in [1.165, 1.54) is 16.4 Å². The minimum absolute atomic E-state index is 0.0124. The molecule has 1 heterocycles. The zero-order valence-corrected chi connectivity index (χ0v) is 20.1. The van der Waals surface area contributed by atoms with Crippen LogP contribution in [0.1, 0.15) is 18.4 Å². The van der Waals surface area contributed by atoms with Crippen molar-refractivity contribution in [1.29, 1.82) is 0 Å². The number of carbonyl (C=O) groups excluding carboxylic acids is 1. The van der Waals surface area contributed by atoms with Gasteiger partial charge in [-0.1, -0.05) is 30.3 Å². The summed E-state index contributed by atoms with van der Waals surface area (Å²) in [5.41, 5.74) is 4.15. The Hall–Kier alpha value is -3.23. The Morgan fingerprint density at radius 1 is 1.03 bits per heavy atom. The van der Waals surface area contributed by atoms with Gasteiger partial charge in [0, 0.05) is 32.9 Å². The van der Waals surface area contributed by atoms with Gasteiger partial charge in [-0.2, -0.15) is 4.31 Å². The van der Waals surface area contributed by atoms with Crippen LogP contribution in [-0.4, -0.2) is 45.3 Å². The highest BCUT2D eigenvalue weighted by atomic mass is 32.2. The maximum atomic E-state index is 13.2. The quantitative estimate of drug-likeness (QED) is 0.553. The molecule has 8 heteroatoms. The van der Waals surface area contributed by atoms with E-state index in [0.717, 1.165) is 34.5 Å². The van der Waals surface area contributed by atoms with Gasteiger partial charge >= 0.3 is 0 Å². The van der Waals surface area contributed by atoms with E-state index in [-0.39, 0.29) is 17.3 Å². The minimum atomic E-state index is -3.88. The Bertz CT molecular complexity index is 1260. The molecule has 0 bridgehead atoms. The lowest BCUT2D eigenvalue weighted by Gasteiger charge is -2.23. The molecular formula is C26H28FN3O3S. The molecule has 0 unspecified atom stereocenters. The van der Waals surface area contributed by atoms with Crippen LogP contribution in [0.4, 0.5) is 10.1 Å². The summed E-state index contributed by atoms with van der Waals surface area (Å²) in [5.74, 6) is -0.838. The molecule has 6 nitrogen and oxygen atoms in total. The van der Waals surface area contributed by atoms with Gasteiger partial charge in [0.15, 0.2) is 0 Å². The van der Waals surface area contributed by atoms with E-state index in [2.05, 4.69) is 29.6 Å². The smallest absolute Gasteiger partial charge is 0.243 e. The predicted molar refractivity (Wildman–Crippen MR) is 131 cm³/mol. The van der Waals surface area contributed by atoms with E-state index in [4.69, 9.17) is 0 Å². The number of carbonyl (C=O) groups is 1. The molecular weight excluding hydrogens is 453 g/mol. The van der Waals surface area contributed by atoms with Gasteiger partial charge in [0.25, 0.3) is 0 Å². The van der Waals surface area contributed by atoms with Crippen LogP contribution in [-0.2, 0) is 21.4 Å². The molecule has 34 heavy (non-hydrogen) atoms. The van der Waals surface area contributed by atoms with Crippen molar-refractivity contribution in [1.82, 2.24) is 9.62 Å². The number of halogens is 1. The van der Waals surface area contributed by atoms with Gasteiger partial charge < -0.3 is 10.2 Å². The lowest BCUT2D eigenvalue weighted by atomic mass is 10.0. The third kappa shape index (κ3) is 5.13. The molecule has 3 aromatic carbocycles. The molecule has 0 spiro atoms. The van der Waals surface area contributed by atoms with Crippen molar-refractivity contribution in [3.8, 4) is 11.1 Å². The van der Waals surface area contributed by atoms with Crippen LogP contribution in [0.15, 0.2) is 77.7 Å². The fourth-order valence-corrected chi connectivity index (χ4v) is 5.81. The van der Waals surface area contributed by atoms with Gasteiger partial charge in [-0.3, -0.25) is 4.79 Å². The standard InChI is InChI=1S/C26H28FN3O3S/c1-29(2)23-12-8-20(9-13-23)21-6-3-5-19(17-21)18-28-26(31)25-7-4-16-30(25)34(32,33)24-14-10-22(27)11-15-24/h3,5-6,8-15,17,25H,4,7,16,18H2,1-2H3,(H,28,31)/t25-/m0/s1. The van der Waals surface area contributed by atoms with Gasteiger partial charge in [0.1, 0.15) is 11.9 Å². The molecule has 0 aliphatic carbocycles. The van der Waals surface area contributed by atoms with Gasteiger partial charge in [-0.05, 0) is 72.0 Å². The zero-order chi connectivity index (χ0) is 24.3.